The summed E-state index contributed by atoms with van der Waals surface area (Å²) < 4.78 is 5.48. The van der Waals surface area contributed by atoms with Gasteiger partial charge in [-0.15, -0.1) is 0 Å². The molecule has 0 spiro atoms. The average molecular weight is 292 g/mol. The van der Waals surface area contributed by atoms with Gasteiger partial charge in [-0.25, -0.2) is 0 Å². The summed E-state index contributed by atoms with van der Waals surface area (Å²) in [5.74, 6) is 1.66. The third-order valence-corrected chi connectivity index (χ3v) is 4.99. The van der Waals surface area contributed by atoms with Crippen LogP contribution in [0.2, 0.25) is 0 Å². The van der Waals surface area contributed by atoms with E-state index < -0.39 is 0 Å². The van der Waals surface area contributed by atoms with Crippen LogP contribution in [0, 0.1) is 0 Å². The Bertz CT molecular complexity index is 441. The lowest BCUT2D eigenvalue weighted by Gasteiger charge is -2.25. The lowest BCUT2D eigenvalue weighted by atomic mass is 10.2. The van der Waals surface area contributed by atoms with E-state index in [4.69, 9.17) is 4.52 Å². The first kappa shape index (κ1) is 15.0. The summed E-state index contributed by atoms with van der Waals surface area (Å²) in [4.78, 5) is 9.74. The summed E-state index contributed by atoms with van der Waals surface area (Å²) in [5, 5.41) is 4.12. The molecule has 5 heteroatoms. The normalized spacial score (nSPS) is 25.7. The van der Waals surface area contributed by atoms with Crippen molar-refractivity contribution >= 4 is 0 Å². The molecule has 0 amide bonds. The van der Waals surface area contributed by atoms with Crippen LogP contribution in [-0.2, 0) is 6.42 Å². The van der Waals surface area contributed by atoms with Crippen molar-refractivity contribution in [3.8, 4) is 0 Å². The molecule has 0 aliphatic carbocycles. The van der Waals surface area contributed by atoms with Crippen molar-refractivity contribution in [3.63, 3.8) is 0 Å². The first-order valence-electron chi connectivity index (χ1n) is 8.58. The molecule has 5 nitrogen and oxygen atoms in total. The summed E-state index contributed by atoms with van der Waals surface area (Å²) in [5.41, 5.74) is 0. The second kappa shape index (κ2) is 6.88. The molecule has 118 valence electrons. The van der Waals surface area contributed by atoms with Crippen molar-refractivity contribution in [3.05, 3.63) is 11.7 Å². The Morgan fingerprint density at radius 1 is 1.29 bits per heavy atom. The third-order valence-electron chi connectivity index (χ3n) is 4.99. The zero-order chi connectivity index (χ0) is 14.7. The van der Waals surface area contributed by atoms with Crippen molar-refractivity contribution in [2.24, 2.45) is 0 Å². The average Bonchev–Trinajstić information content (AvgIpc) is 3.24. The Kier molecular flexibility index (Phi) is 4.91. The Balaban J connectivity index is 1.55. The molecule has 2 aliphatic heterocycles. The van der Waals surface area contributed by atoms with Crippen LogP contribution in [0.5, 0.6) is 0 Å². The van der Waals surface area contributed by atoms with Crippen LogP contribution >= 0.6 is 0 Å². The van der Waals surface area contributed by atoms with E-state index in [0.29, 0.717) is 0 Å². The van der Waals surface area contributed by atoms with Crippen LogP contribution in [0.3, 0.4) is 0 Å². The molecule has 0 saturated carbocycles. The molecule has 0 N–H and O–H groups in total. The van der Waals surface area contributed by atoms with Gasteiger partial charge in [0.05, 0.1) is 6.04 Å². The summed E-state index contributed by atoms with van der Waals surface area (Å²) >= 11 is 0. The Labute approximate surface area is 127 Å². The molecule has 2 fully saturated rings. The van der Waals surface area contributed by atoms with Gasteiger partial charge in [-0.1, -0.05) is 18.5 Å². The van der Waals surface area contributed by atoms with E-state index in [9.17, 15) is 0 Å². The van der Waals surface area contributed by atoms with E-state index in [1.54, 1.807) is 0 Å². The smallest absolute Gasteiger partial charge is 0.243 e. The molecule has 0 aromatic carbocycles. The van der Waals surface area contributed by atoms with Crippen molar-refractivity contribution in [2.45, 2.75) is 64.5 Å². The monoisotopic (exact) mass is 292 g/mol. The van der Waals surface area contributed by atoms with E-state index in [1.807, 2.05) is 0 Å². The summed E-state index contributed by atoms with van der Waals surface area (Å²) in [6.45, 7) is 9.25. The van der Waals surface area contributed by atoms with E-state index >= 15 is 0 Å². The molecule has 1 aromatic rings. The number of hydrogen-bond donors (Lipinski definition) is 0. The van der Waals surface area contributed by atoms with Gasteiger partial charge in [0, 0.05) is 25.6 Å². The number of aromatic nitrogens is 2. The zero-order valence-corrected chi connectivity index (χ0v) is 13.4. The molecule has 0 bridgehead atoms. The highest BCUT2D eigenvalue weighted by molar-refractivity contribution is 4.96. The topological polar surface area (TPSA) is 45.4 Å². The van der Waals surface area contributed by atoms with Crippen molar-refractivity contribution < 1.29 is 4.52 Å². The van der Waals surface area contributed by atoms with Crippen molar-refractivity contribution in [1.29, 1.82) is 0 Å². The van der Waals surface area contributed by atoms with Crippen LogP contribution < -0.4 is 0 Å². The van der Waals surface area contributed by atoms with Crippen LogP contribution in [0.1, 0.15) is 63.7 Å². The Morgan fingerprint density at radius 3 is 2.86 bits per heavy atom. The van der Waals surface area contributed by atoms with E-state index in [-0.39, 0.29) is 6.04 Å². The van der Waals surface area contributed by atoms with Gasteiger partial charge in [-0.3, -0.25) is 9.80 Å². The maximum atomic E-state index is 5.48. The lowest BCUT2D eigenvalue weighted by Crippen LogP contribution is -2.36. The first-order chi connectivity index (χ1) is 10.3. The molecule has 2 unspecified atom stereocenters. The minimum atomic E-state index is 0.250. The largest absolute Gasteiger partial charge is 0.338 e. The van der Waals surface area contributed by atoms with Gasteiger partial charge in [-0.05, 0) is 45.7 Å². The SMILES string of the molecule is CCCCc1noc(C(C)N2CCC(N3CCCC3)C2)n1. The number of nitrogens with zero attached hydrogens (tertiary/aromatic N) is 4. The third kappa shape index (κ3) is 3.46. The maximum absolute atomic E-state index is 5.48. The molecule has 2 atom stereocenters. The highest BCUT2D eigenvalue weighted by atomic mass is 16.5. The van der Waals surface area contributed by atoms with Gasteiger partial charge in [0.15, 0.2) is 5.82 Å². The molecule has 3 rings (SSSR count). The summed E-state index contributed by atoms with van der Waals surface area (Å²) in [6, 6.07) is 0.984. The van der Waals surface area contributed by atoms with Crippen LogP contribution in [0.4, 0.5) is 0 Å². The van der Waals surface area contributed by atoms with Gasteiger partial charge in [0.1, 0.15) is 0 Å². The Hall–Kier alpha value is -0.940. The second-order valence-corrected chi connectivity index (χ2v) is 6.51. The molecule has 2 aliphatic rings. The number of hydrogen-bond acceptors (Lipinski definition) is 5. The summed E-state index contributed by atoms with van der Waals surface area (Å²) in [6.07, 6.45) is 7.26. The van der Waals surface area contributed by atoms with E-state index in [0.717, 1.165) is 43.7 Å². The fourth-order valence-electron chi connectivity index (χ4n) is 3.55. The number of rotatable bonds is 6. The first-order valence-corrected chi connectivity index (χ1v) is 8.58. The van der Waals surface area contributed by atoms with Crippen molar-refractivity contribution in [2.75, 3.05) is 26.2 Å². The Morgan fingerprint density at radius 2 is 2.10 bits per heavy atom. The molecular formula is C16H28N4O. The predicted octanol–water partition coefficient (Wildman–Crippen LogP) is 2.64. The number of likely N-dealkylation sites (tertiary alicyclic amines) is 2. The van der Waals surface area contributed by atoms with Gasteiger partial charge >= 0.3 is 0 Å². The van der Waals surface area contributed by atoms with Crippen molar-refractivity contribution in [1.82, 2.24) is 19.9 Å². The molecule has 21 heavy (non-hydrogen) atoms. The maximum Gasteiger partial charge on any atom is 0.243 e. The number of aryl methyl sites for hydroxylation is 1. The van der Waals surface area contributed by atoms with Gasteiger partial charge in [0.2, 0.25) is 5.89 Å². The molecule has 1 aromatic heterocycles. The predicted molar refractivity (Wildman–Crippen MR) is 82.1 cm³/mol. The summed E-state index contributed by atoms with van der Waals surface area (Å²) in [7, 11) is 0. The van der Waals surface area contributed by atoms with Crippen LogP contribution in [-0.4, -0.2) is 52.2 Å². The standard InChI is InChI=1S/C16H28N4O/c1-3-4-7-15-17-16(21-18-15)13(2)20-11-8-14(12-20)19-9-5-6-10-19/h13-14H,3-12H2,1-2H3. The second-order valence-electron chi connectivity index (χ2n) is 6.51. The highest BCUT2D eigenvalue weighted by Gasteiger charge is 2.33. The molecule has 3 heterocycles. The molecule has 2 saturated heterocycles. The quantitative estimate of drug-likeness (QED) is 0.806. The van der Waals surface area contributed by atoms with Crippen LogP contribution in [0.15, 0.2) is 4.52 Å². The van der Waals surface area contributed by atoms with Gasteiger partial charge in [-0.2, -0.15) is 4.98 Å². The minimum Gasteiger partial charge on any atom is -0.338 e. The highest BCUT2D eigenvalue weighted by Crippen LogP contribution is 2.27. The van der Waals surface area contributed by atoms with Gasteiger partial charge < -0.3 is 4.52 Å². The van der Waals surface area contributed by atoms with Gasteiger partial charge in [0.25, 0.3) is 0 Å². The lowest BCUT2D eigenvalue weighted by molar-refractivity contribution is 0.182. The van der Waals surface area contributed by atoms with Crippen LogP contribution in [0.25, 0.3) is 0 Å². The van der Waals surface area contributed by atoms with E-state index in [1.165, 1.54) is 38.8 Å². The number of unbranched alkanes of at least 4 members (excludes halogenated alkanes) is 1. The molecule has 0 radical (unpaired) electrons. The fourth-order valence-corrected chi connectivity index (χ4v) is 3.55. The minimum absolute atomic E-state index is 0.250. The fraction of sp³-hybridized carbons (Fsp3) is 0.875. The van der Waals surface area contributed by atoms with E-state index in [2.05, 4.69) is 33.8 Å². The zero-order valence-electron chi connectivity index (χ0n) is 13.4. The molecular weight excluding hydrogens is 264 g/mol.